The summed E-state index contributed by atoms with van der Waals surface area (Å²) in [4.78, 5) is -0.178. The molecule has 22 heavy (non-hydrogen) atoms. The van der Waals surface area contributed by atoms with Crippen LogP contribution in [0.4, 0.5) is 0 Å². The summed E-state index contributed by atoms with van der Waals surface area (Å²) in [6, 6.07) is 6.51. The summed E-state index contributed by atoms with van der Waals surface area (Å²) >= 11 is 5.78. The van der Waals surface area contributed by atoms with Crippen molar-refractivity contribution >= 4 is 21.7 Å². The van der Waals surface area contributed by atoms with Crippen molar-refractivity contribution in [1.29, 1.82) is 0 Å². The van der Waals surface area contributed by atoms with E-state index in [2.05, 4.69) is 21.0 Å². The molecule has 0 atom stereocenters. The summed E-state index contributed by atoms with van der Waals surface area (Å²) in [5.41, 5.74) is 0.928. The van der Waals surface area contributed by atoms with Crippen LogP contribution in [-0.4, -0.2) is 44.1 Å². The van der Waals surface area contributed by atoms with Crippen molar-refractivity contribution in [3.63, 3.8) is 0 Å². The van der Waals surface area contributed by atoms with Crippen molar-refractivity contribution in [2.45, 2.75) is 44.4 Å². The van der Waals surface area contributed by atoms with E-state index < -0.39 is 10.1 Å². The number of halogens is 1. The Bertz CT molecular complexity index is 513. The lowest BCUT2D eigenvalue weighted by Crippen LogP contribution is -2.38. The largest absolute Gasteiger partial charge is 0.744 e. The van der Waals surface area contributed by atoms with Gasteiger partial charge in [0, 0.05) is 0 Å². The van der Waals surface area contributed by atoms with E-state index in [-0.39, 0.29) is 4.90 Å². The van der Waals surface area contributed by atoms with Crippen LogP contribution in [0.3, 0.4) is 0 Å². The van der Waals surface area contributed by atoms with E-state index in [1.54, 1.807) is 12.1 Å². The van der Waals surface area contributed by atoms with Crippen LogP contribution in [0.1, 0.15) is 38.2 Å². The molecular weight excluding hydrogens is 322 g/mol. The molecule has 0 spiro atoms. The van der Waals surface area contributed by atoms with E-state index in [1.165, 1.54) is 44.4 Å². The molecule has 0 aliphatic heterocycles. The van der Waals surface area contributed by atoms with E-state index in [9.17, 15) is 13.0 Å². The highest BCUT2D eigenvalue weighted by Crippen LogP contribution is 2.08. The highest BCUT2D eigenvalue weighted by Gasteiger charge is 2.10. The number of nitrogens with zero attached hydrogens (tertiary/aromatic N) is 1. The van der Waals surface area contributed by atoms with Gasteiger partial charge in [-0.05, 0) is 31.9 Å². The van der Waals surface area contributed by atoms with Crippen LogP contribution in [0.15, 0.2) is 29.2 Å². The lowest BCUT2D eigenvalue weighted by molar-refractivity contribution is -0.879. The van der Waals surface area contributed by atoms with Gasteiger partial charge in [0.15, 0.2) is 6.00 Å². The fraction of sp³-hybridized carbons (Fsp3) is 0.625. The van der Waals surface area contributed by atoms with Gasteiger partial charge < -0.3 is 9.04 Å². The fourth-order valence-electron chi connectivity index (χ4n) is 1.73. The molecule has 0 heterocycles. The second kappa shape index (κ2) is 10.2. The lowest BCUT2D eigenvalue weighted by atomic mass is 10.2. The third-order valence-corrected chi connectivity index (χ3v) is 4.75. The minimum Gasteiger partial charge on any atom is -0.744 e. The average molecular weight is 350 g/mol. The second-order valence-electron chi connectivity index (χ2n) is 6.11. The Labute approximate surface area is 140 Å². The Morgan fingerprint density at radius 2 is 1.64 bits per heavy atom. The molecule has 0 aromatic heterocycles. The van der Waals surface area contributed by atoms with Gasteiger partial charge in [0.25, 0.3) is 0 Å². The van der Waals surface area contributed by atoms with Crippen LogP contribution in [0.2, 0.25) is 0 Å². The monoisotopic (exact) mass is 349 g/mol. The van der Waals surface area contributed by atoms with E-state index in [4.69, 9.17) is 11.6 Å². The Morgan fingerprint density at radius 3 is 2.05 bits per heavy atom. The van der Waals surface area contributed by atoms with Crippen molar-refractivity contribution in [2.24, 2.45) is 0 Å². The summed E-state index contributed by atoms with van der Waals surface area (Å²) < 4.78 is 32.1. The van der Waals surface area contributed by atoms with Crippen molar-refractivity contribution in [3.8, 4) is 0 Å². The minimum absolute atomic E-state index is 0.178. The zero-order chi connectivity index (χ0) is 17.2. The van der Waals surface area contributed by atoms with Crippen LogP contribution >= 0.6 is 11.6 Å². The fourth-order valence-corrected chi connectivity index (χ4v) is 2.32. The van der Waals surface area contributed by atoms with Crippen LogP contribution in [0, 0.1) is 6.92 Å². The average Bonchev–Trinajstić information content (AvgIpc) is 2.44. The molecule has 4 nitrogen and oxygen atoms in total. The molecule has 0 unspecified atom stereocenters. The number of unbranched alkanes of at least 4 members (excludes halogenated alkanes) is 3. The van der Waals surface area contributed by atoms with Gasteiger partial charge in [0.05, 0.1) is 25.5 Å². The Hall–Kier alpha value is -0.620. The zero-order valence-corrected chi connectivity index (χ0v) is 15.6. The third kappa shape index (κ3) is 10.2. The van der Waals surface area contributed by atoms with E-state index in [0.717, 1.165) is 16.1 Å². The molecule has 0 N–H and O–H groups in total. The van der Waals surface area contributed by atoms with Crippen molar-refractivity contribution in [2.75, 3.05) is 26.6 Å². The Morgan fingerprint density at radius 1 is 1.09 bits per heavy atom. The van der Waals surface area contributed by atoms with Crippen LogP contribution < -0.4 is 0 Å². The summed E-state index contributed by atoms with van der Waals surface area (Å²) in [6.07, 6.45) is 5.35. The van der Waals surface area contributed by atoms with E-state index in [1.807, 2.05) is 6.92 Å². The van der Waals surface area contributed by atoms with Gasteiger partial charge in [-0.2, -0.15) is 0 Å². The van der Waals surface area contributed by atoms with Crippen molar-refractivity contribution < 1.29 is 17.5 Å². The standard InChI is InChI=1S/C9H21ClN.C7H8O3S/c1-4-5-6-7-8-11(2,3)9-10;1-6-2-4-7(5-3-6)11(8,9)10/h4-9H2,1-3H3;2-5H,1H3,(H,8,9,10)/q+1;/p-1. The number of hydrogen-bond donors (Lipinski definition) is 0. The Kier molecular flexibility index (Phi) is 9.92. The molecule has 1 aromatic rings. The summed E-state index contributed by atoms with van der Waals surface area (Å²) in [5, 5.41) is 0. The predicted molar refractivity (Wildman–Crippen MR) is 91.0 cm³/mol. The lowest BCUT2D eigenvalue weighted by Gasteiger charge is -2.26. The third-order valence-electron chi connectivity index (χ3n) is 3.25. The summed E-state index contributed by atoms with van der Waals surface area (Å²) in [7, 11) is 0.0894. The molecule has 6 heteroatoms. The number of aryl methyl sites for hydroxylation is 1. The number of quaternary nitrogens is 1. The summed E-state index contributed by atoms with van der Waals surface area (Å²) in [5.74, 6) is 0. The molecule has 0 saturated heterocycles. The molecule has 0 amide bonds. The topological polar surface area (TPSA) is 57.2 Å². The molecule has 1 rings (SSSR count). The summed E-state index contributed by atoms with van der Waals surface area (Å²) in [6.45, 7) is 5.27. The van der Waals surface area contributed by atoms with Gasteiger partial charge >= 0.3 is 0 Å². The van der Waals surface area contributed by atoms with Gasteiger partial charge in [0.2, 0.25) is 0 Å². The predicted octanol–water partition coefficient (Wildman–Crippen LogP) is 3.74. The van der Waals surface area contributed by atoms with Crippen molar-refractivity contribution in [1.82, 2.24) is 0 Å². The van der Waals surface area contributed by atoms with E-state index in [0.29, 0.717) is 0 Å². The maximum absolute atomic E-state index is 10.4. The Balaban J connectivity index is 0.000000401. The van der Waals surface area contributed by atoms with Gasteiger partial charge in [-0.3, -0.25) is 0 Å². The molecular formula is C16H28ClNO3S. The van der Waals surface area contributed by atoms with Crippen LogP contribution in [0.25, 0.3) is 0 Å². The van der Waals surface area contributed by atoms with Gasteiger partial charge in [-0.1, -0.05) is 49.1 Å². The quantitative estimate of drug-likeness (QED) is 0.248. The molecule has 1 aromatic carbocycles. The number of hydrogen-bond acceptors (Lipinski definition) is 3. The first kappa shape index (κ1) is 21.4. The second-order valence-corrected chi connectivity index (χ2v) is 7.73. The normalized spacial score (nSPS) is 11.7. The number of rotatable bonds is 7. The molecule has 0 fully saturated rings. The smallest absolute Gasteiger partial charge is 0.154 e. The van der Waals surface area contributed by atoms with Crippen LogP contribution in [0.5, 0.6) is 0 Å². The van der Waals surface area contributed by atoms with Crippen LogP contribution in [-0.2, 0) is 10.1 Å². The van der Waals surface area contributed by atoms with Crippen molar-refractivity contribution in [3.05, 3.63) is 29.8 Å². The first-order valence-electron chi connectivity index (χ1n) is 7.53. The molecule has 0 saturated carbocycles. The van der Waals surface area contributed by atoms with Gasteiger partial charge in [0.1, 0.15) is 10.1 Å². The highest BCUT2D eigenvalue weighted by molar-refractivity contribution is 7.85. The number of benzene rings is 1. The first-order valence-corrected chi connectivity index (χ1v) is 9.47. The first-order chi connectivity index (χ1) is 10.1. The SMILES string of the molecule is CCCCCC[N+](C)(C)CCl.Cc1ccc(S(=O)(=O)[O-])cc1. The molecule has 0 aliphatic rings. The van der Waals surface area contributed by atoms with E-state index >= 15 is 0 Å². The molecule has 0 bridgehead atoms. The molecule has 0 aliphatic carbocycles. The van der Waals surface area contributed by atoms with Gasteiger partial charge in [-0.15, -0.1) is 0 Å². The maximum atomic E-state index is 10.4. The minimum atomic E-state index is -4.27. The maximum Gasteiger partial charge on any atom is 0.154 e. The highest BCUT2D eigenvalue weighted by atomic mass is 35.5. The zero-order valence-electron chi connectivity index (χ0n) is 14.0. The molecule has 0 radical (unpaired) electrons. The van der Waals surface area contributed by atoms with Gasteiger partial charge in [-0.25, -0.2) is 8.42 Å². The molecule has 128 valence electrons. The number of alkyl halides is 1.